The number of quaternary nitrogens is 1. The first kappa shape index (κ1) is 17.1. The number of rotatable bonds is 3. The Kier molecular flexibility index (Phi) is 4.20. The van der Waals surface area contributed by atoms with Crippen LogP contribution < -0.4 is 10.9 Å². The van der Waals surface area contributed by atoms with E-state index in [2.05, 4.69) is 21.4 Å². The average Bonchev–Trinajstić information content (AvgIpc) is 3.00. The monoisotopic (exact) mass is 371 g/mol. The van der Waals surface area contributed by atoms with Crippen LogP contribution in [-0.2, 0) is 6.42 Å². The molecule has 2 atom stereocenters. The molecule has 1 aliphatic rings. The molecule has 1 aliphatic heterocycles. The van der Waals surface area contributed by atoms with Gasteiger partial charge in [-0.05, 0) is 37.2 Å². The Morgan fingerprint density at radius 3 is 2.92 bits per heavy atom. The summed E-state index contributed by atoms with van der Waals surface area (Å²) in [5.41, 5.74) is 3.32. The highest BCUT2D eigenvalue weighted by molar-refractivity contribution is 7.71. The molecule has 2 aromatic heterocycles. The molecule has 0 aliphatic carbocycles. The van der Waals surface area contributed by atoms with E-state index in [4.69, 9.17) is 12.2 Å². The number of nitrogens with two attached hydrogens (primary N) is 1. The van der Waals surface area contributed by atoms with Crippen molar-refractivity contribution < 1.29 is 10.4 Å². The second-order valence-corrected chi connectivity index (χ2v) is 7.33. The number of para-hydroxylation sites is 1. The Hall–Kier alpha value is -2.38. The maximum absolute atomic E-state index is 12.7. The molecule has 0 saturated carbocycles. The van der Waals surface area contributed by atoms with Crippen LogP contribution in [0.2, 0.25) is 0 Å². The van der Waals surface area contributed by atoms with Crippen molar-refractivity contribution in [3.05, 3.63) is 56.2 Å². The van der Waals surface area contributed by atoms with E-state index in [1.165, 1.54) is 10.9 Å². The molecule has 0 bridgehead atoms. The Morgan fingerprint density at radius 1 is 1.38 bits per heavy atom. The predicted octanol–water partition coefficient (Wildman–Crippen LogP) is 2.27. The lowest BCUT2D eigenvalue weighted by Crippen LogP contribution is -2.87. The van der Waals surface area contributed by atoms with E-state index in [-0.39, 0.29) is 28.3 Å². The lowest BCUT2D eigenvalue weighted by atomic mass is 9.95. The van der Waals surface area contributed by atoms with Crippen LogP contribution in [-0.4, -0.2) is 26.2 Å². The summed E-state index contributed by atoms with van der Waals surface area (Å²) in [5, 5.41) is 14.2. The van der Waals surface area contributed by atoms with E-state index < -0.39 is 0 Å². The van der Waals surface area contributed by atoms with Crippen LogP contribution in [0.5, 0.6) is 5.88 Å². The summed E-state index contributed by atoms with van der Waals surface area (Å²) >= 11 is 5.29. The zero-order valence-corrected chi connectivity index (χ0v) is 15.7. The van der Waals surface area contributed by atoms with Crippen molar-refractivity contribution in [2.24, 2.45) is 0 Å². The van der Waals surface area contributed by atoms with Crippen LogP contribution in [0.15, 0.2) is 29.1 Å². The van der Waals surface area contributed by atoms with Crippen molar-refractivity contribution in [2.75, 3.05) is 6.54 Å². The number of benzene rings is 1. The first-order valence-electron chi connectivity index (χ1n) is 9.03. The average molecular weight is 371 g/mol. The van der Waals surface area contributed by atoms with Gasteiger partial charge in [-0.25, -0.2) is 0 Å². The van der Waals surface area contributed by atoms with E-state index in [9.17, 15) is 9.90 Å². The fourth-order valence-electron chi connectivity index (χ4n) is 3.95. The largest absolute Gasteiger partial charge is 0.494 e. The Balaban J connectivity index is 1.96. The Bertz CT molecular complexity index is 1100. The zero-order chi connectivity index (χ0) is 18.4. The second kappa shape index (κ2) is 6.41. The fraction of sp³-hybridized carbons (Fsp3) is 0.368. The van der Waals surface area contributed by atoms with Gasteiger partial charge in [-0.2, -0.15) is 0 Å². The summed E-state index contributed by atoms with van der Waals surface area (Å²) < 4.78 is 1.91. The number of hydrogen-bond donors (Lipinski definition) is 4. The standard InChI is InChI=1S/C19H22N4O2S/c1-3-10(2)23-18(25)14(17(24)22-19(23)26)16-15-12(8-9-20-16)11-6-4-5-7-13(11)21-15/h4-7,10,16,20-21,25H,3,8-9H2,1-2H3,(H,22,24,26)/p+1/t10-,16+/m0/s1. The molecule has 0 amide bonds. The smallest absolute Gasteiger partial charge is 0.265 e. The summed E-state index contributed by atoms with van der Waals surface area (Å²) in [6, 6.07) is 7.89. The van der Waals surface area contributed by atoms with Crippen LogP contribution >= 0.6 is 12.2 Å². The van der Waals surface area contributed by atoms with Gasteiger partial charge in [-0.3, -0.25) is 14.3 Å². The second-order valence-electron chi connectivity index (χ2n) is 6.94. The molecular formula is C19H23N4O2S+. The van der Waals surface area contributed by atoms with Crippen molar-refractivity contribution in [2.45, 2.75) is 38.8 Å². The summed E-state index contributed by atoms with van der Waals surface area (Å²) in [4.78, 5) is 18.9. The van der Waals surface area contributed by atoms with Crippen LogP contribution in [0.25, 0.3) is 10.9 Å². The fourth-order valence-corrected chi connectivity index (χ4v) is 4.31. The van der Waals surface area contributed by atoms with E-state index in [1.807, 2.05) is 32.0 Å². The molecule has 7 heteroatoms. The SMILES string of the molecule is CC[C@H](C)n1c(O)c([C@H]2[NH2+]CCc3c2[nH]c2ccccc32)c(=O)[nH]c1=S. The molecule has 5 N–H and O–H groups in total. The van der Waals surface area contributed by atoms with Gasteiger partial charge in [0, 0.05) is 23.4 Å². The van der Waals surface area contributed by atoms with Gasteiger partial charge >= 0.3 is 0 Å². The molecule has 136 valence electrons. The first-order valence-corrected chi connectivity index (χ1v) is 9.44. The molecule has 4 rings (SSSR count). The summed E-state index contributed by atoms with van der Waals surface area (Å²) in [6.07, 6.45) is 1.73. The minimum Gasteiger partial charge on any atom is -0.494 e. The molecule has 0 radical (unpaired) electrons. The minimum absolute atomic E-state index is 0.00359. The minimum atomic E-state index is -0.320. The number of H-pyrrole nitrogens is 2. The molecule has 1 aromatic carbocycles. The quantitative estimate of drug-likeness (QED) is 0.533. The third-order valence-electron chi connectivity index (χ3n) is 5.45. The molecule has 3 aromatic rings. The van der Waals surface area contributed by atoms with Crippen molar-refractivity contribution in [1.29, 1.82) is 0 Å². The van der Waals surface area contributed by atoms with Crippen LogP contribution in [0.4, 0.5) is 0 Å². The lowest BCUT2D eigenvalue weighted by Gasteiger charge is -2.24. The normalized spacial score (nSPS) is 18.0. The first-order chi connectivity index (χ1) is 12.5. The molecule has 0 unspecified atom stereocenters. The topological polar surface area (TPSA) is 90.4 Å². The van der Waals surface area contributed by atoms with E-state index >= 15 is 0 Å². The predicted molar refractivity (Wildman–Crippen MR) is 103 cm³/mol. The van der Waals surface area contributed by atoms with Gasteiger partial charge < -0.3 is 15.4 Å². The van der Waals surface area contributed by atoms with Gasteiger partial charge in [-0.1, -0.05) is 25.1 Å². The Morgan fingerprint density at radius 2 is 2.15 bits per heavy atom. The molecular weight excluding hydrogens is 348 g/mol. The molecule has 0 fully saturated rings. The number of nitrogens with zero attached hydrogens (tertiary/aromatic N) is 1. The van der Waals surface area contributed by atoms with Crippen LogP contribution in [0.1, 0.15) is 49.2 Å². The molecule has 6 nitrogen and oxygen atoms in total. The van der Waals surface area contributed by atoms with Crippen LogP contribution in [0.3, 0.4) is 0 Å². The summed E-state index contributed by atoms with van der Waals surface area (Å²) in [6.45, 7) is 4.87. The van der Waals surface area contributed by atoms with Crippen molar-refractivity contribution in [3.8, 4) is 5.88 Å². The zero-order valence-electron chi connectivity index (χ0n) is 14.9. The molecule has 0 saturated heterocycles. The molecule has 3 heterocycles. The van der Waals surface area contributed by atoms with Gasteiger partial charge in [0.2, 0.25) is 5.88 Å². The number of aromatic amines is 2. The maximum atomic E-state index is 12.7. The van der Waals surface area contributed by atoms with Gasteiger partial charge in [0.05, 0.1) is 12.2 Å². The van der Waals surface area contributed by atoms with E-state index in [0.29, 0.717) is 5.56 Å². The van der Waals surface area contributed by atoms with Gasteiger partial charge in [-0.15, -0.1) is 0 Å². The van der Waals surface area contributed by atoms with E-state index in [0.717, 1.165) is 30.6 Å². The molecule has 0 spiro atoms. The maximum Gasteiger partial charge on any atom is 0.265 e. The highest BCUT2D eigenvalue weighted by atomic mass is 32.1. The van der Waals surface area contributed by atoms with E-state index in [1.54, 1.807) is 4.57 Å². The van der Waals surface area contributed by atoms with Crippen LogP contribution in [0, 0.1) is 4.77 Å². The number of fused-ring (bicyclic) bond motifs is 3. The Labute approximate surface area is 155 Å². The molecule has 26 heavy (non-hydrogen) atoms. The number of aromatic hydroxyl groups is 1. The number of nitrogens with one attached hydrogen (secondary N) is 2. The van der Waals surface area contributed by atoms with Crippen molar-refractivity contribution in [1.82, 2.24) is 14.5 Å². The number of aromatic nitrogens is 3. The summed E-state index contributed by atoms with van der Waals surface area (Å²) in [5.74, 6) is -0.0270. The number of hydrogen-bond acceptors (Lipinski definition) is 3. The van der Waals surface area contributed by atoms with Gasteiger partial charge in [0.1, 0.15) is 5.56 Å². The van der Waals surface area contributed by atoms with Gasteiger partial charge in [0.25, 0.3) is 5.56 Å². The third kappa shape index (κ3) is 2.50. The lowest BCUT2D eigenvalue weighted by molar-refractivity contribution is -0.690. The van der Waals surface area contributed by atoms with Gasteiger partial charge in [0.15, 0.2) is 10.8 Å². The highest BCUT2D eigenvalue weighted by Crippen LogP contribution is 2.33. The van der Waals surface area contributed by atoms with Crippen molar-refractivity contribution >= 4 is 23.1 Å². The summed E-state index contributed by atoms with van der Waals surface area (Å²) in [7, 11) is 0. The third-order valence-corrected chi connectivity index (χ3v) is 5.75. The highest BCUT2D eigenvalue weighted by Gasteiger charge is 2.34. The van der Waals surface area contributed by atoms with Crippen molar-refractivity contribution in [3.63, 3.8) is 0 Å².